The van der Waals surface area contributed by atoms with E-state index in [0.29, 0.717) is 10.8 Å². The number of amides is 1. The number of hydrogen-bond acceptors (Lipinski definition) is 3. The molecule has 2 aromatic carbocycles. The summed E-state index contributed by atoms with van der Waals surface area (Å²) in [5.41, 5.74) is 6.01. The number of halogens is 1. The van der Waals surface area contributed by atoms with E-state index in [1.165, 1.54) is 11.1 Å². The molecular weight excluding hydrogens is 300 g/mol. The van der Waals surface area contributed by atoms with E-state index >= 15 is 0 Å². The maximum Gasteiger partial charge on any atom is 0.277 e. The zero-order valence-electron chi connectivity index (χ0n) is 11.9. The lowest BCUT2D eigenvalue weighted by molar-refractivity contribution is -0.123. The molecule has 22 heavy (non-hydrogen) atoms. The number of carbonyl (C=O) groups is 1. The molecule has 0 aromatic heterocycles. The standard InChI is InChI=1S/C17H15ClN2O2/c18-15-7-3-4-8-16(15)22-11-17(21)20-19-14-9-12-5-1-2-6-13(12)10-14/h1-8H,9-11H2,(H,20,21). The van der Waals surface area contributed by atoms with Crippen molar-refractivity contribution in [3.8, 4) is 5.75 Å². The van der Waals surface area contributed by atoms with Crippen LogP contribution in [-0.2, 0) is 17.6 Å². The van der Waals surface area contributed by atoms with Crippen molar-refractivity contribution < 1.29 is 9.53 Å². The average molecular weight is 315 g/mol. The number of nitrogens with zero attached hydrogens (tertiary/aromatic N) is 1. The quantitative estimate of drug-likeness (QED) is 0.882. The molecule has 0 bridgehead atoms. The molecule has 1 amide bonds. The number of benzene rings is 2. The summed E-state index contributed by atoms with van der Waals surface area (Å²) in [6.07, 6.45) is 1.56. The van der Waals surface area contributed by atoms with E-state index in [0.717, 1.165) is 18.6 Å². The van der Waals surface area contributed by atoms with Crippen LogP contribution in [0.5, 0.6) is 5.75 Å². The number of nitrogens with one attached hydrogen (secondary N) is 1. The number of hydrogen-bond donors (Lipinski definition) is 1. The van der Waals surface area contributed by atoms with Crippen molar-refractivity contribution in [2.45, 2.75) is 12.8 Å². The van der Waals surface area contributed by atoms with Crippen LogP contribution in [0.4, 0.5) is 0 Å². The van der Waals surface area contributed by atoms with Gasteiger partial charge in [-0.15, -0.1) is 0 Å². The van der Waals surface area contributed by atoms with Crippen molar-refractivity contribution in [2.75, 3.05) is 6.61 Å². The highest BCUT2D eigenvalue weighted by atomic mass is 35.5. The van der Waals surface area contributed by atoms with Crippen LogP contribution in [-0.4, -0.2) is 18.2 Å². The van der Waals surface area contributed by atoms with Gasteiger partial charge in [0.15, 0.2) is 6.61 Å². The summed E-state index contributed by atoms with van der Waals surface area (Å²) in [6.45, 7) is -0.118. The molecular formula is C17H15ClN2O2. The zero-order chi connectivity index (χ0) is 15.4. The molecule has 3 rings (SSSR count). The first-order chi connectivity index (χ1) is 10.7. The van der Waals surface area contributed by atoms with Crippen LogP contribution in [0.3, 0.4) is 0 Å². The predicted octanol–water partition coefficient (Wildman–Crippen LogP) is 2.99. The SMILES string of the molecule is O=C(COc1ccccc1Cl)NN=C1Cc2ccccc2C1. The molecule has 0 aliphatic heterocycles. The minimum absolute atomic E-state index is 0.118. The number of ether oxygens (including phenoxy) is 1. The van der Waals surface area contributed by atoms with E-state index in [1.54, 1.807) is 24.3 Å². The minimum atomic E-state index is -0.302. The monoisotopic (exact) mass is 314 g/mol. The molecule has 0 saturated carbocycles. The molecule has 0 heterocycles. The van der Waals surface area contributed by atoms with Crippen LogP contribution in [0.15, 0.2) is 53.6 Å². The molecule has 4 nitrogen and oxygen atoms in total. The highest BCUT2D eigenvalue weighted by Gasteiger charge is 2.16. The first kappa shape index (κ1) is 14.6. The molecule has 0 spiro atoms. The van der Waals surface area contributed by atoms with Gasteiger partial charge in [-0.05, 0) is 23.3 Å². The van der Waals surface area contributed by atoms with Gasteiger partial charge in [0.1, 0.15) is 5.75 Å². The number of fused-ring (bicyclic) bond motifs is 1. The Labute approximate surface area is 133 Å². The Hall–Kier alpha value is -2.33. The molecule has 0 radical (unpaired) electrons. The summed E-state index contributed by atoms with van der Waals surface area (Å²) >= 11 is 5.96. The Morgan fingerprint density at radius 3 is 2.41 bits per heavy atom. The highest BCUT2D eigenvalue weighted by molar-refractivity contribution is 6.32. The number of hydrazone groups is 1. The fourth-order valence-corrected chi connectivity index (χ4v) is 2.55. The fourth-order valence-electron chi connectivity index (χ4n) is 2.36. The molecule has 0 saturated heterocycles. The second-order valence-corrected chi connectivity index (χ2v) is 5.46. The van der Waals surface area contributed by atoms with Crippen molar-refractivity contribution >= 4 is 23.2 Å². The molecule has 1 N–H and O–H groups in total. The molecule has 0 fully saturated rings. The minimum Gasteiger partial charge on any atom is -0.482 e. The second-order valence-electron chi connectivity index (χ2n) is 5.05. The largest absolute Gasteiger partial charge is 0.482 e. The van der Waals surface area contributed by atoms with E-state index in [-0.39, 0.29) is 12.5 Å². The van der Waals surface area contributed by atoms with Gasteiger partial charge in [-0.2, -0.15) is 5.10 Å². The Morgan fingerprint density at radius 2 is 1.73 bits per heavy atom. The summed E-state index contributed by atoms with van der Waals surface area (Å²) in [7, 11) is 0. The lowest BCUT2D eigenvalue weighted by Crippen LogP contribution is -2.26. The van der Waals surface area contributed by atoms with Crippen molar-refractivity contribution in [3.63, 3.8) is 0 Å². The molecule has 1 aliphatic carbocycles. The first-order valence-electron chi connectivity index (χ1n) is 7.01. The van der Waals surface area contributed by atoms with E-state index in [1.807, 2.05) is 12.1 Å². The molecule has 0 atom stereocenters. The normalized spacial score (nSPS) is 12.7. The average Bonchev–Trinajstić information content (AvgIpc) is 2.95. The highest BCUT2D eigenvalue weighted by Crippen LogP contribution is 2.23. The lowest BCUT2D eigenvalue weighted by atomic mass is 10.1. The summed E-state index contributed by atoms with van der Waals surface area (Å²) in [6, 6.07) is 15.2. The summed E-state index contributed by atoms with van der Waals surface area (Å²) in [5, 5.41) is 4.66. The molecule has 1 aliphatic rings. The molecule has 5 heteroatoms. The number of rotatable bonds is 4. The Kier molecular flexibility index (Phi) is 4.39. The van der Waals surface area contributed by atoms with E-state index in [4.69, 9.17) is 16.3 Å². The van der Waals surface area contributed by atoms with Crippen LogP contribution in [0.2, 0.25) is 5.02 Å². The van der Waals surface area contributed by atoms with Gasteiger partial charge in [-0.25, -0.2) is 5.43 Å². The first-order valence-corrected chi connectivity index (χ1v) is 7.38. The van der Waals surface area contributed by atoms with Gasteiger partial charge in [0, 0.05) is 18.6 Å². The lowest BCUT2D eigenvalue weighted by Gasteiger charge is -2.06. The van der Waals surface area contributed by atoms with Gasteiger partial charge in [-0.1, -0.05) is 48.0 Å². The van der Waals surface area contributed by atoms with Gasteiger partial charge in [0.05, 0.1) is 5.02 Å². The van der Waals surface area contributed by atoms with Crippen LogP contribution >= 0.6 is 11.6 Å². The Bertz CT molecular complexity index is 701. The second kappa shape index (κ2) is 6.62. The van der Waals surface area contributed by atoms with Crippen LogP contribution in [0.25, 0.3) is 0 Å². The van der Waals surface area contributed by atoms with Crippen molar-refractivity contribution in [1.82, 2.24) is 5.43 Å². The molecule has 2 aromatic rings. The van der Waals surface area contributed by atoms with Crippen molar-refractivity contribution in [2.24, 2.45) is 5.10 Å². The Balaban J connectivity index is 1.51. The van der Waals surface area contributed by atoms with E-state index in [9.17, 15) is 4.79 Å². The van der Waals surface area contributed by atoms with Crippen LogP contribution < -0.4 is 10.2 Å². The zero-order valence-corrected chi connectivity index (χ0v) is 12.6. The molecule has 0 unspecified atom stereocenters. The van der Waals surface area contributed by atoms with Gasteiger partial charge < -0.3 is 4.74 Å². The third kappa shape index (κ3) is 3.46. The third-order valence-corrected chi connectivity index (χ3v) is 3.75. The van der Waals surface area contributed by atoms with Gasteiger partial charge >= 0.3 is 0 Å². The fraction of sp³-hybridized carbons (Fsp3) is 0.176. The van der Waals surface area contributed by atoms with Crippen molar-refractivity contribution in [1.29, 1.82) is 0 Å². The number of para-hydroxylation sites is 1. The summed E-state index contributed by atoms with van der Waals surface area (Å²) in [5.74, 6) is 0.184. The predicted molar refractivity (Wildman–Crippen MR) is 86.4 cm³/mol. The van der Waals surface area contributed by atoms with Crippen molar-refractivity contribution in [3.05, 3.63) is 64.7 Å². The third-order valence-electron chi connectivity index (χ3n) is 3.44. The van der Waals surface area contributed by atoms with Gasteiger partial charge in [-0.3, -0.25) is 4.79 Å². The summed E-state index contributed by atoms with van der Waals surface area (Å²) in [4.78, 5) is 11.8. The maximum atomic E-state index is 11.8. The van der Waals surface area contributed by atoms with E-state index in [2.05, 4.69) is 22.7 Å². The summed E-state index contributed by atoms with van der Waals surface area (Å²) < 4.78 is 5.36. The smallest absolute Gasteiger partial charge is 0.277 e. The van der Waals surface area contributed by atoms with Gasteiger partial charge in [0.25, 0.3) is 5.91 Å². The number of carbonyl (C=O) groups excluding carboxylic acids is 1. The van der Waals surface area contributed by atoms with E-state index < -0.39 is 0 Å². The maximum absolute atomic E-state index is 11.8. The van der Waals surface area contributed by atoms with Crippen LogP contribution in [0.1, 0.15) is 11.1 Å². The topological polar surface area (TPSA) is 50.7 Å². The van der Waals surface area contributed by atoms with Gasteiger partial charge in [0.2, 0.25) is 0 Å². The molecule has 112 valence electrons. The Morgan fingerprint density at radius 1 is 1.09 bits per heavy atom. The van der Waals surface area contributed by atoms with Crippen LogP contribution in [0, 0.1) is 0 Å².